The highest BCUT2D eigenvalue weighted by atomic mass is 32.2. The van der Waals surface area contributed by atoms with Crippen molar-refractivity contribution in [2.24, 2.45) is 12.9 Å². The topological polar surface area (TPSA) is 131 Å². The second kappa shape index (κ2) is 7.65. The van der Waals surface area contributed by atoms with Crippen LogP contribution in [0.2, 0.25) is 0 Å². The maximum absolute atomic E-state index is 13.4. The van der Waals surface area contributed by atoms with Crippen LogP contribution in [0.25, 0.3) is 0 Å². The predicted molar refractivity (Wildman–Crippen MR) is 108 cm³/mol. The van der Waals surface area contributed by atoms with Crippen LogP contribution in [0.4, 0.5) is 0 Å². The first-order valence-corrected chi connectivity index (χ1v) is 10.6. The van der Waals surface area contributed by atoms with E-state index in [4.69, 9.17) is 5.84 Å². The number of hydrazine groups is 1. The van der Waals surface area contributed by atoms with E-state index in [2.05, 4.69) is 5.10 Å². The lowest BCUT2D eigenvalue weighted by molar-refractivity contribution is 0.0884. The van der Waals surface area contributed by atoms with E-state index in [1.54, 1.807) is 54.5 Å². The quantitative estimate of drug-likeness (QED) is 0.316. The molecule has 0 fully saturated rings. The number of nitrogens with zero attached hydrogens (tertiary/aromatic N) is 3. The number of carbonyl (C=O) groups excluding carboxylic acids is 1. The molecule has 0 aliphatic carbocycles. The summed E-state index contributed by atoms with van der Waals surface area (Å²) >= 11 is 0. The van der Waals surface area contributed by atoms with Crippen molar-refractivity contribution in [2.75, 3.05) is 0 Å². The number of sulfonamides is 1. The number of aryl methyl sites for hydroxylation is 1. The van der Waals surface area contributed by atoms with Gasteiger partial charge in [-0.25, -0.2) is 14.3 Å². The number of aliphatic hydroxyl groups excluding tert-OH is 1. The molecule has 0 saturated carbocycles. The molecular weight excluding hydrogens is 406 g/mol. The van der Waals surface area contributed by atoms with Crippen LogP contribution in [-0.4, -0.2) is 33.5 Å². The third-order valence-corrected chi connectivity index (χ3v) is 7.10. The average molecular weight is 427 g/mol. The van der Waals surface area contributed by atoms with Crippen molar-refractivity contribution < 1.29 is 18.3 Å². The van der Waals surface area contributed by atoms with Gasteiger partial charge in [0.1, 0.15) is 0 Å². The fourth-order valence-electron chi connectivity index (χ4n) is 3.71. The molecule has 2 heterocycles. The Bertz CT molecular complexity index is 1190. The van der Waals surface area contributed by atoms with Crippen molar-refractivity contribution in [1.29, 1.82) is 0 Å². The lowest BCUT2D eigenvalue weighted by atomic mass is 9.97. The number of carbonyl (C=O) groups is 1. The second-order valence-electron chi connectivity index (χ2n) is 7.09. The molecule has 1 amide bonds. The van der Waals surface area contributed by atoms with Gasteiger partial charge in [-0.1, -0.05) is 36.4 Å². The second-order valence-corrected chi connectivity index (χ2v) is 8.95. The van der Waals surface area contributed by atoms with Gasteiger partial charge in [0.25, 0.3) is 5.91 Å². The minimum atomic E-state index is -3.99. The maximum atomic E-state index is 13.4. The molecule has 1 aliphatic rings. The number of aliphatic hydroxyl groups is 1. The van der Waals surface area contributed by atoms with E-state index >= 15 is 0 Å². The van der Waals surface area contributed by atoms with Crippen LogP contribution in [0.3, 0.4) is 0 Å². The summed E-state index contributed by atoms with van der Waals surface area (Å²) in [6.07, 6.45) is 2.11. The van der Waals surface area contributed by atoms with Gasteiger partial charge in [0, 0.05) is 30.9 Å². The zero-order valence-electron chi connectivity index (χ0n) is 16.1. The number of nitrogen functional groups attached to an aromatic ring is 1. The molecule has 3 aromatic rings. The number of rotatable bonds is 5. The zero-order valence-corrected chi connectivity index (χ0v) is 17.0. The summed E-state index contributed by atoms with van der Waals surface area (Å²) in [7, 11) is -2.26. The van der Waals surface area contributed by atoms with Gasteiger partial charge in [0.05, 0.1) is 23.2 Å². The number of nitrogens with two attached hydrogens (primary N) is 1. The molecule has 0 radical (unpaired) electrons. The number of nitrogens with one attached hydrogen (secondary N) is 1. The third-order valence-electron chi connectivity index (χ3n) is 5.19. The highest BCUT2D eigenvalue weighted by Crippen LogP contribution is 2.43. The Labute approximate surface area is 173 Å². The van der Waals surface area contributed by atoms with E-state index in [0.717, 1.165) is 0 Å². The van der Waals surface area contributed by atoms with Crippen molar-refractivity contribution in [3.63, 3.8) is 0 Å². The summed E-state index contributed by atoms with van der Waals surface area (Å²) in [5, 5.41) is 15.3. The van der Waals surface area contributed by atoms with E-state index in [0.29, 0.717) is 16.7 Å². The molecule has 2 atom stereocenters. The standard InChI is InChI=1S/C20H21N5O4S/c1-24-11-16(10-22-24)18(19(26)13-5-3-2-4-6-13)25-12-15-8-7-14(20(27)23-21)9-17(15)30(25,28)29/h2-11,18-19,26H,12,21H2,1H3,(H,23,27). The average Bonchev–Trinajstić information content (AvgIpc) is 3.29. The van der Waals surface area contributed by atoms with Crippen LogP contribution in [0.1, 0.15) is 39.2 Å². The first kappa shape index (κ1) is 20.2. The first-order chi connectivity index (χ1) is 14.3. The largest absolute Gasteiger partial charge is 0.386 e. The van der Waals surface area contributed by atoms with E-state index in [1.807, 2.05) is 11.5 Å². The molecular formula is C20H21N5O4S. The van der Waals surface area contributed by atoms with E-state index in [-0.39, 0.29) is 17.0 Å². The number of hydrogen-bond donors (Lipinski definition) is 3. The van der Waals surface area contributed by atoms with Gasteiger partial charge in [0.2, 0.25) is 10.0 Å². The van der Waals surface area contributed by atoms with Crippen molar-refractivity contribution in [3.05, 3.63) is 83.2 Å². The molecule has 4 N–H and O–H groups in total. The maximum Gasteiger partial charge on any atom is 0.265 e. The fourth-order valence-corrected chi connectivity index (χ4v) is 5.55. The SMILES string of the molecule is Cn1cc(C(C(O)c2ccccc2)N2Cc3ccc(C(=O)NN)cc3S2(=O)=O)cn1. The Morgan fingerprint density at radius 3 is 2.57 bits per heavy atom. The van der Waals surface area contributed by atoms with Crippen LogP contribution in [0.5, 0.6) is 0 Å². The number of aromatic nitrogens is 2. The molecule has 4 rings (SSSR count). The highest BCUT2D eigenvalue weighted by Gasteiger charge is 2.43. The summed E-state index contributed by atoms with van der Waals surface area (Å²) < 4.78 is 29.7. The molecule has 0 bridgehead atoms. The molecule has 156 valence electrons. The Balaban J connectivity index is 1.80. The van der Waals surface area contributed by atoms with Crippen LogP contribution >= 0.6 is 0 Å². The number of amides is 1. The molecule has 1 aliphatic heterocycles. The van der Waals surface area contributed by atoms with Crippen molar-refractivity contribution in [3.8, 4) is 0 Å². The van der Waals surface area contributed by atoms with Crippen LogP contribution in [0, 0.1) is 0 Å². The monoisotopic (exact) mass is 427 g/mol. The molecule has 0 saturated heterocycles. The highest BCUT2D eigenvalue weighted by molar-refractivity contribution is 7.89. The third kappa shape index (κ3) is 3.39. The zero-order chi connectivity index (χ0) is 21.5. The molecule has 2 unspecified atom stereocenters. The lowest BCUT2D eigenvalue weighted by Gasteiger charge is -2.30. The van der Waals surface area contributed by atoms with Gasteiger partial charge in [-0.2, -0.15) is 9.40 Å². The van der Waals surface area contributed by atoms with Gasteiger partial charge in [-0.3, -0.25) is 14.9 Å². The first-order valence-electron chi connectivity index (χ1n) is 9.20. The normalized spacial score (nSPS) is 17.3. The molecule has 10 heteroatoms. The molecule has 2 aromatic carbocycles. The smallest absolute Gasteiger partial charge is 0.265 e. The summed E-state index contributed by atoms with van der Waals surface area (Å²) in [5.41, 5.74) is 3.83. The molecule has 9 nitrogen and oxygen atoms in total. The van der Waals surface area contributed by atoms with Crippen molar-refractivity contribution in [2.45, 2.75) is 23.6 Å². The number of fused-ring (bicyclic) bond motifs is 1. The predicted octanol–water partition coefficient (Wildman–Crippen LogP) is 1.00. The van der Waals surface area contributed by atoms with Gasteiger partial charge < -0.3 is 5.11 Å². The molecule has 1 aromatic heterocycles. The lowest BCUT2D eigenvalue weighted by Crippen LogP contribution is -2.33. The molecule has 30 heavy (non-hydrogen) atoms. The Hall–Kier alpha value is -3.05. The Morgan fingerprint density at radius 2 is 1.93 bits per heavy atom. The van der Waals surface area contributed by atoms with Crippen LogP contribution in [-0.2, 0) is 23.6 Å². The van der Waals surface area contributed by atoms with E-state index < -0.39 is 28.1 Å². The summed E-state index contributed by atoms with van der Waals surface area (Å²) in [6.45, 7) is 0.0612. The minimum absolute atomic E-state index is 0.0257. The Kier molecular flexibility index (Phi) is 5.16. The van der Waals surface area contributed by atoms with E-state index in [9.17, 15) is 18.3 Å². The van der Waals surface area contributed by atoms with Gasteiger partial charge >= 0.3 is 0 Å². The van der Waals surface area contributed by atoms with Crippen molar-refractivity contribution >= 4 is 15.9 Å². The van der Waals surface area contributed by atoms with Crippen LogP contribution < -0.4 is 11.3 Å². The number of benzene rings is 2. The fraction of sp³-hybridized carbons (Fsp3) is 0.200. The number of hydrogen-bond acceptors (Lipinski definition) is 6. The Morgan fingerprint density at radius 1 is 1.20 bits per heavy atom. The minimum Gasteiger partial charge on any atom is -0.386 e. The van der Waals surface area contributed by atoms with Gasteiger partial charge in [-0.15, -0.1) is 0 Å². The molecule has 0 spiro atoms. The van der Waals surface area contributed by atoms with Crippen LogP contribution in [0.15, 0.2) is 65.8 Å². The van der Waals surface area contributed by atoms with Gasteiger partial charge in [0.15, 0.2) is 0 Å². The van der Waals surface area contributed by atoms with Gasteiger partial charge in [-0.05, 0) is 23.3 Å². The van der Waals surface area contributed by atoms with Crippen molar-refractivity contribution in [1.82, 2.24) is 19.5 Å². The van der Waals surface area contributed by atoms with E-state index in [1.165, 1.54) is 16.4 Å². The summed E-state index contributed by atoms with van der Waals surface area (Å²) in [6, 6.07) is 12.4. The summed E-state index contributed by atoms with van der Waals surface area (Å²) in [4.78, 5) is 11.9. The summed E-state index contributed by atoms with van der Waals surface area (Å²) in [5.74, 6) is 4.59.